The van der Waals surface area contributed by atoms with Gasteiger partial charge in [-0.1, -0.05) is 37.3 Å². The molecule has 1 amide bonds. The Bertz CT molecular complexity index is 1240. The molecule has 3 heterocycles. The quantitative estimate of drug-likeness (QED) is 0.610. The van der Waals surface area contributed by atoms with Crippen LogP contribution >= 0.6 is 0 Å². The second kappa shape index (κ2) is 8.86. The van der Waals surface area contributed by atoms with Gasteiger partial charge < -0.3 is 10.0 Å². The van der Waals surface area contributed by atoms with Gasteiger partial charge in [0.1, 0.15) is 5.52 Å². The average molecular weight is 477 g/mol. The molecule has 8 nitrogen and oxygen atoms in total. The van der Waals surface area contributed by atoms with Gasteiger partial charge in [-0.3, -0.25) is 18.8 Å². The van der Waals surface area contributed by atoms with E-state index < -0.39 is 34.1 Å². The van der Waals surface area contributed by atoms with E-state index in [0.717, 1.165) is 23.5 Å². The van der Waals surface area contributed by atoms with Crippen LogP contribution in [0.3, 0.4) is 0 Å². The Hall–Kier alpha value is -3.21. The molecular weight excluding hydrogens is 451 g/mol. The van der Waals surface area contributed by atoms with E-state index in [9.17, 15) is 27.9 Å². The van der Waals surface area contributed by atoms with E-state index in [0.29, 0.717) is 24.2 Å². The molecule has 1 aliphatic heterocycles. The minimum Gasteiger partial charge on any atom is -0.388 e. The Morgan fingerprint density at radius 2 is 1.82 bits per heavy atom. The molecule has 0 bridgehead atoms. The third-order valence-corrected chi connectivity index (χ3v) is 6.44. The van der Waals surface area contributed by atoms with Crippen molar-refractivity contribution >= 4 is 16.9 Å². The molecule has 182 valence electrons. The highest BCUT2D eigenvalue weighted by atomic mass is 19.4. The molecule has 0 radical (unpaired) electrons. The minimum absolute atomic E-state index is 0.00757. The Morgan fingerprint density at radius 1 is 1.18 bits per heavy atom. The van der Waals surface area contributed by atoms with Crippen molar-refractivity contribution in [2.24, 2.45) is 7.05 Å². The van der Waals surface area contributed by atoms with Crippen LogP contribution in [0.2, 0.25) is 0 Å². The number of alkyl halides is 3. The van der Waals surface area contributed by atoms with E-state index in [-0.39, 0.29) is 31.2 Å². The highest BCUT2D eigenvalue weighted by Crippen LogP contribution is 2.33. The van der Waals surface area contributed by atoms with Gasteiger partial charge in [0, 0.05) is 26.6 Å². The maximum atomic E-state index is 13.3. The molecule has 0 unspecified atom stereocenters. The zero-order valence-corrected chi connectivity index (χ0v) is 18.9. The van der Waals surface area contributed by atoms with Crippen LogP contribution in [-0.4, -0.2) is 53.9 Å². The summed E-state index contributed by atoms with van der Waals surface area (Å²) in [4.78, 5) is 31.0. The number of fused-ring (bicyclic) bond motifs is 1. The SMILES string of the molecule is C[C@H](CC(=O)N1CCC(O)(Cn2cnc3c(C(F)(F)F)n(C)nc3c2=O)CC1)c1ccccc1. The molecular formula is C23H26F3N5O3. The number of aryl methyl sites for hydroxylation is 1. The molecule has 1 N–H and O–H groups in total. The molecule has 1 aromatic carbocycles. The molecule has 0 saturated carbocycles. The third-order valence-electron chi connectivity index (χ3n) is 6.44. The summed E-state index contributed by atoms with van der Waals surface area (Å²) in [5.41, 5.74) is -2.97. The maximum Gasteiger partial charge on any atom is 0.435 e. The predicted molar refractivity (Wildman–Crippen MR) is 118 cm³/mol. The number of hydrogen-bond donors (Lipinski definition) is 1. The van der Waals surface area contributed by atoms with Crippen LogP contribution in [0.4, 0.5) is 13.2 Å². The number of carbonyl (C=O) groups excluding carboxylic acids is 1. The molecule has 4 rings (SSSR count). The van der Waals surface area contributed by atoms with E-state index in [4.69, 9.17) is 0 Å². The van der Waals surface area contributed by atoms with Gasteiger partial charge in [0.15, 0.2) is 11.2 Å². The van der Waals surface area contributed by atoms with Crippen LogP contribution in [0.25, 0.3) is 11.0 Å². The Morgan fingerprint density at radius 3 is 2.44 bits per heavy atom. The summed E-state index contributed by atoms with van der Waals surface area (Å²) < 4.78 is 41.5. The van der Waals surface area contributed by atoms with E-state index in [2.05, 4.69) is 10.1 Å². The molecule has 1 fully saturated rings. The van der Waals surface area contributed by atoms with Crippen molar-refractivity contribution in [3.63, 3.8) is 0 Å². The lowest BCUT2D eigenvalue weighted by Gasteiger charge is -2.38. The number of hydrogen-bond acceptors (Lipinski definition) is 5. The molecule has 1 atom stereocenters. The molecule has 2 aromatic heterocycles. The Kier molecular flexibility index (Phi) is 6.24. The average Bonchev–Trinajstić information content (AvgIpc) is 3.14. The van der Waals surface area contributed by atoms with Gasteiger partial charge in [0.05, 0.1) is 18.5 Å². The lowest BCUT2D eigenvalue weighted by atomic mass is 9.90. The highest BCUT2D eigenvalue weighted by Gasteiger charge is 2.39. The molecule has 11 heteroatoms. The predicted octanol–water partition coefficient (Wildman–Crippen LogP) is 2.70. The van der Waals surface area contributed by atoms with Gasteiger partial charge >= 0.3 is 6.18 Å². The normalized spacial score (nSPS) is 17.2. The monoisotopic (exact) mass is 477 g/mol. The van der Waals surface area contributed by atoms with Crippen molar-refractivity contribution in [3.05, 3.63) is 58.3 Å². The minimum atomic E-state index is -4.70. The smallest absolute Gasteiger partial charge is 0.388 e. The molecule has 3 aromatic rings. The van der Waals surface area contributed by atoms with Crippen molar-refractivity contribution in [1.29, 1.82) is 0 Å². The summed E-state index contributed by atoms with van der Waals surface area (Å²) in [5.74, 6) is 0.0534. The fourth-order valence-corrected chi connectivity index (χ4v) is 4.46. The second-order valence-electron chi connectivity index (χ2n) is 8.97. The fraction of sp³-hybridized carbons (Fsp3) is 0.478. The number of carbonyl (C=O) groups is 1. The first-order valence-electron chi connectivity index (χ1n) is 11.0. The van der Waals surface area contributed by atoms with E-state index in [1.807, 2.05) is 37.3 Å². The zero-order valence-electron chi connectivity index (χ0n) is 18.9. The second-order valence-corrected chi connectivity index (χ2v) is 8.97. The Balaban J connectivity index is 1.43. The maximum absolute atomic E-state index is 13.3. The van der Waals surface area contributed by atoms with Crippen molar-refractivity contribution in [3.8, 4) is 0 Å². The van der Waals surface area contributed by atoms with E-state index in [1.54, 1.807) is 4.90 Å². The summed E-state index contributed by atoms with van der Waals surface area (Å²) in [6, 6.07) is 9.75. The van der Waals surface area contributed by atoms with Crippen LogP contribution in [0.15, 0.2) is 41.5 Å². The fourth-order valence-electron chi connectivity index (χ4n) is 4.46. The number of aromatic nitrogens is 4. The van der Waals surface area contributed by atoms with Crippen molar-refractivity contribution in [2.45, 2.75) is 50.4 Å². The van der Waals surface area contributed by atoms with E-state index in [1.165, 1.54) is 0 Å². The number of halogens is 3. The molecule has 34 heavy (non-hydrogen) atoms. The summed E-state index contributed by atoms with van der Waals surface area (Å²) in [5, 5.41) is 14.7. The summed E-state index contributed by atoms with van der Waals surface area (Å²) in [6.07, 6.45) is -2.87. The van der Waals surface area contributed by atoms with Gasteiger partial charge in [0.2, 0.25) is 5.91 Å². The van der Waals surface area contributed by atoms with Crippen LogP contribution in [0, 0.1) is 0 Å². The van der Waals surface area contributed by atoms with Crippen LogP contribution in [-0.2, 0) is 24.6 Å². The van der Waals surface area contributed by atoms with Crippen LogP contribution in [0.1, 0.15) is 43.4 Å². The number of benzene rings is 1. The van der Waals surface area contributed by atoms with Crippen molar-refractivity contribution in [1.82, 2.24) is 24.2 Å². The Labute approximate surface area is 193 Å². The third kappa shape index (κ3) is 4.70. The lowest BCUT2D eigenvalue weighted by Crippen LogP contribution is -2.49. The number of aliphatic hydroxyl groups is 1. The summed E-state index contributed by atoms with van der Waals surface area (Å²) in [6.45, 7) is 2.49. The largest absolute Gasteiger partial charge is 0.435 e. The van der Waals surface area contributed by atoms with Gasteiger partial charge in [0.25, 0.3) is 5.56 Å². The topological polar surface area (TPSA) is 93.2 Å². The standard InChI is InChI=1S/C23H26F3N5O3/c1-15(16-6-4-3-5-7-16)12-17(32)30-10-8-22(34,9-11-30)13-31-14-27-18-19(21(31)33)28-29(2)20(18)23(24,25)26/h3-7,14-15,34H,8-13H2,1-2H3/t15-/m1/s1. The number of nitrogens with zero attached hydrogens (tertiary/aromatic N) is 5. The lowest BCUT2D eigenvalue weighted by molar-refractivity contribution is -0.142. The van der Waals surface area contributed by atoms with Gasteiger partial charge in [-0.05, 0) is 24.3 Å². The zero-order chi connectivity index (χ0) is 24.7. The van der Waals surface area contributed by atoms with Crippen molar-refractivity contribution < 1.29 is 23.1 Å². The first-order chi connectivity index (χ1) is 16.0. The van der Waals surface area contributed by atoms with Crippen LogP contribution < -0.4 is 5.56 Å². The first-order valence-corrected chi connectivity index (χ1v) is 11.0. The number of amides is 1. The number of rotatable bonds is 5. The molecule has 1 aliphatic rings. The van der Waals surface area contributed by atoms with Gasteiger partial charge in [-0.15, -0.1) is 0 Å². The molecule has 1 saturated heterocycles. The van der Waals surface area contributed by atoms with Gasteiger partial charge in [-0.25, -0.2) is 4.98 Å². The highest BCUT2D eigenvalue weighted by molar-refractivity contribution is 5.77. The molecule has 0 spiro atoms. The van der Waals surface area contributed by atoms with Crippen LogP contribution in [0.5, 0.6) is 0 Å². The number of piperidine rings is 1. The summed E-state index contributed by atoms with van der Waals surface area (Å²) >= 11 is 0. The van der Waals surface area contributed by atoms with E-state index >= 15 is 0 Å². The van der Waals surface area contributed by atoms with Gasteiger partial charge in [-0.2, -0.15) is 18.3 Å². The molecule has 0 aliphatic carbocycles. The first kappa shape index (κ1) is 23.9. The van der Waals surface area contributed by atoms with Crippen molar-refractivity contribution in [2.75, 3.05) is 13.1 Å². The summed E-state index contributed by atoms with van der Waals surface area (Å²) in [7, 11) is 1.10. The number of likely N-dealkylation sites (tertiary alicyclic amines) is 1.